The molecule has 0 spiro atoms. The number of hydrogen-bond acceptors (Lipinski definition) is 4. The van der Waals surface area contributed by atoms with E-state index in [1.807, 2.05) is 6.92 Å². The smallest absolute Gasteiger partial charge is 0.303 e. The van der Waals surface area contributed by atoms with Crippen LogP contribution in [-0.2, 0) is 9.53 Å². The Morgan fingerprint density at radius 2 is 2.15 bits per heavy atom. The third-order valence-corrected chi connectivity index (χ3v) is 5.76. The van der Waals surface area contributed by atoms with E-state index in [1.165, 1.54) is 0 Å². The van der Waals surface area contributed by atoms with Crippen LogP contribution in [0.25, 0.3) is 0 Å². The van der Waals surface area contributed by atoms with Crippen molar-refractivity contribution in [2.24, 2.45) is 17.8 Å². The fourth-order valence-electron chi connectivity index (χ4n) is 4.04. The molecule has 2 fully saturated rings. The lowest BCUT2D eigenvalue weighted by atomic mass is 9.88. The van der Waals surface area contributed by atoms with Crippen molar-refractivity contribution in [1.82, 2.24) is 0 Å². The fraction of sp³-hybridized carbons (Fsp3) is 0.762. The summed E-state index contributed by atoms with van der Waals surface area (Å²) >= 11 is 0. The lowest BCUT2D eigenvalue weighted by Crippen LogP contribution is -2.25. The molecular formula is C21H33FO5. The van der Waals surface area contributed by atoms with Gasteiger partial charge >= 0.3 is 5.97 Å². The molecule has 3 N–H and O–H groups in total. The molecular weight excluding hydrogens is 351 g/mol. The van der Waals surface area contributed by atoms with Gasteiger partial charge in [0.1, 0.15) is 11.9 Å². The van der Waals surface area contributed by atoms with Gasteiger partial charge in [-0.2, -0.15) is 0 Å². The number of carbonyl (C=O) groups is 1. The minimum absolute atomic E-state index is 0.0474. The average Bonchev–Trinajstić information content (AvgIpc) is 3.09. The highest BCUT2D eigenvalue weighted by atomic mass is 19.1. The summed E-state index contributed by atoms with van der Waals surface area (Å²) in [5, 5.41) is 29.2. The summed E-state index contributed by atoms with van der Waals surface area (Å²) in [4.78, 5) is 10.5. The van der Waals surface area contributed by atoms with Crippen molar-refractivity contribution in [1.29, 1.82) is 0 Å². The summed E-state index contributed by atoms with van der Waals surface area (Å²) in [7, 11) is 0. The molecule has 5 nitrogen and oxygen atoms in total. The number of rotatable bonds is 10. The van der Waals surface area contributed by atoms with E-state index in [0.717, 1.165) is 19.3 Å². The minimum atomic E-state index is -1.30. The quantitative estimate of drug-likeness (QED) is 0.396. The van der Waals surface area contributed by atoms with Gasteiger partial charge in [0.15, 0.2) is 6.17 Å². The van der Waals surface area contributed by atoms with Crippen LogP contribution in [0.15, 0.2) is 24.0 Å². The monoisotopic (exact) mass is 384 g/mol. The fourth-order valence-corrected chi connectivity index (χ4v) is 4.04. The molecule has 0 aromatic carbocycles. The van der Waals surface area contributed by atoms with E-state index >= 15 is 0 Å². The molecule has 0 radical (unpaired) electrons. The highest BCUT2D eigenvalue weighted by Crippen LogP contribution is 2.47. The molecule has 27 heavy (non-hydrogen) atoms. The maximum Gasteiger partial charge on any atom is 0.303 e. The van der Waals surface area contributed by atoms with Crippen molar-refractivity contribution in [3.05, 3.63) is 24.0 Å². The van der Waals surface area contributed by atoms with Crippen LogP contribution in [0.5, 0.6) is 0 Å². The molecule has 1 heterocycles. The Hall–Kier alpha value is -1.40. The third kappa shape index (κ3) is 5.79. The van der Waals surface area contributed by atoms with Crippen LogP contribution in [0.4, 0.5) is 4.39 Å². The largest absolute Gasteiger partial charge is 0.491 e. The van der Waals surface area contributed by atoms with Gasteiger partial charge in [0.25, 0.3) is 0 Å². The third-order valence-electron chi connectivity index (χ3n) is 5.76. The Kier molecular flexibility index (Phi) is 8.29. The molecule has 1 aliphatic heterocycles. The number of hydrogen-bond donors (Lipinski definition) is 3. The second kappa shape index (κ2) is 10.2. The molecule has 1 aliphatic carbocycles. The van der Waals surface area contributed by atoms with Gasteiger partial charge in [0.2, 0.25) is 0 Å². The van der Waals surface area contributed by atoms with Crippen LogP contribution in [0.2, 0.25) is 0 Å². The minimum Gasteiger partial charge on any atom is -0.491 e. The van der Waals surface area contributed by atoms with Crippen molar-refractivity contribution < 1.29 is 29.2 Å². The van der Waals surface area contributed by atoms with Crippen LogP contribution in [0, 0.1) is 17.8 Å². The normalized spacial score (nSPS) is 34.0. The number of fused-ring (bicyclic) bond motifs is 1. The zero-order chi connectivity index (χ0) is 20.0. The number of aliphatic hydroxyl groups excluding tert-OH is 2. The maximum absolute atomic E-state index is 14.9. The molecule has 6 heteroatoms. The zero-order valence-electron chi connectivity index (χ0n) is 16.3. The van der Waals surface area contributed by atoms with Gasteiger partial charge in [0.05, 0.1) is 12.2 Å². The van der Waals surface area contributed by atoms with Crippen molar-refractivity contribution in [3.8, 4) is 0 Å². The molecule has 7 atom stereocenters. The van der Waals surface area contributed by atoms with Crippen LogP contribution >= 0.6 is 0 Å². The summed E-state index contributed by atoms with van der Waals surface area (Å²) in [6.07, 6.45) is 6.51. The maximum atomic E-state index is 14.9. The van der Waals surface area contributed by atoms with Gasteiger partial charge in [-0.15, -0.1) is 0 Å². The molecule has 0 aromatic heterocycles. The Morgan fingerprint density at radius 3 is 2.81 bits per heavy atom. The highest BCUT2D eigenvalue weighted by Gasteiger charge is 2.53. The van der Waals surface area contributed by atoms with Gasteiger partial charge in [-0.3, -0.25) is 4.79 Å². The van der Waals surface area contributed by atoms with Crippen LogP contribution in [0.1, 0.15) is 58.8 Å². The van der Waals surface area contributed by atoms with E-state index in [9.17, 15) is 19.4 Å². The second-order valence-electron chi connectivity index (χ2n) is 7.90. The molecule has 0 aromatic rings. The van der Waals surface area contributed by atoms with Gasteiger partial charge in [0, 0.05) is 24.7 Å². The van der Waals surface area contributed by atoms with Crippen molar-refractivity contribution >= 4 is 5.97 Å². The lowest BCUT2D eigenvalue weighted by molar-refractivity contribution is -0.137. The first-order valence-corrected chi connectivity index (χ1v) is 10.1. The molecule has 154 valence electrons. The number of carboxylic acid groups (broad SMARTS) is 1. The number of carboxylic acids is 1. The number of halogens is 1. The zero-order valence-corrected chi connectivity index (χ0v) is 16.3. The Balaban J connectivity index is 1.95. The number of allylic oxidation sites excluding steroid dienone is 2. The SMILES string of the molecule is CCCCC(C)[C@@H](O)/C=C/[C@@H]1[C@H]2C(F)/C(=C/CCCC(=O)O)O[C@@H]2C[C@H]1O. The Bertz CT molecular complexity index is 547. The average molecular weight is 384 g/mol. The molecule has 1 saturated heterocycles. The first kappa shape index (κ1) is 21.9. The van der Waals surface area contributed by atoms with Gasteiger partial charge in [-0.25, -0.2) is 4.39 Å². The number of aliphatic carboxylic acids is 1. The summed E-state index contributed by atoms with van der Waals surface area (Å²) in [6, 6.07) is 0. The number of ether oxygens (including phenoxy) is 1. The predicted octanol–water partition coefficient (Wildman–Crippen LogP) is 3.60. The van der Waals surface area contributed by atoms with E-state index in [0.29, 0.717) is 19.3 Å². The van der Waals surface area contributed by atoms with Gasteiger partial charge in [-0.05, 0) is 31.3 Å². The van der Waals surface area contributed by atoms with Crippen molar-refractivity contribution in [2.75, 3.05) is 0 Å². The number of unbranched alkanes of at least 4 members (excludes halogenated alkanes) is 2. The summed E-state index contributed by atoms with van der Waals surface area (Å²) in [5.41, 5.74) is 0. The van der Waals surface area contributed by atoms with E-state index in [2.05, 4.69) is 6.92 Å². The van der Waals surface area contributed by atoms with Crippen LogP contribution in [0.3, 0.4) is 0 Å². The topological polar surface area (TPSA) is 87.0 Å². The summed E-state index contributed by atoms with van der Waals surface area (Å²) in [6.45, 7) is 4.10. The predicted molar refractivity (Wildman–Crippen MR) is 101 cm³/mol. The van der Waals surface area contributed by atoms with E-state index in [4.69, 9.17) is 9.84 Å². The molecule has 0 amide bonds. The lowest BCUT2D eigenvalue weighted by Gasteiger charge is -2.20. The van der Waals surface area contributed by atoms with Gasteiger partial charge < -0.3 is 20.1 Å². The first-order chi connectivity index (χ1) is 12.8. The van der Waals surface area contributed by atoms with Crippen molar-refractivity contribution in [2.45, 2.75) is 83.3 Å². The van der Waals surface area contributed by atoms with E-state index in [-0.39, 0.29) is 30.1 Å². The number of aliphatic hydroxyl groups is 2. The number of alkyl halides is 1. The summed E-state index contributed by atoms with van der Waals surface area (Å²) < 4.78 is 20.6. The highest BCUT2D eigenvalue weighted by molar-refractivity contribution is 5.66. The van der Waals surface area contributed by atoms with E-state index < -0.39 is 30.3 Å². The molecule has 2 aliphatic rings. The van der Waals surface area contributed by atoms with Crippen LogP contribution < -0.4 is 0 Å². The standard InChI is InChI=1S/C21H33FO5/c1-3-4-7-13(2)15(23)11-10-14-16(24)12-18-20(14)21(22)17(27-18)8-5-6-9-19(25)26/h8,10-11,13-16,18,20-21,23-24H,3-7,9,12H2,1-2H3,(H,25,26)/b11-10+,17-8-/t13?,14-,15-,16+,18+,20+,21?/m0/s1. The van der Waals surface area contributed by atoms with Gasteiger partial charge in [-0.1, -0.05) is 38.8 Å². The van der Waals surface area contributed by atoms with Crippen LogP contribution in [-0.4, -0.2) is 45.8 Å². The molecule has 0 bridgehead atoms. The second-order valence-corrected chi connectivity index (χ2v) is 7.90. The Morgan fingerprint density at radius 1 is 1.41 bits per heavy atom. The Labute approximate surface area is 160 Å². The summed E-state index contributed by atoms with van der Waals surface area (Å²) in [5.74, 6) is -1.32. The van der Waals surface area contributed by atoms with Crippen molar-refractivity contribution in [3.63, 3.8) is 0 Å². The first-order valence-electron chi connectivity index (χ1n) is 10.1. The molecule has 2 unspecified atom stereocenters. The van der Waals surface area contributed by atoms with E-state index in [1.54, 1.807) is 18.2 Å². The molecule has 2 rings (SSSR count). The molecule has 1 saturated carbocycles.